The Hall–Kier alpha value is -2.46. The summed E-state index contributed by atoms with van der Waals surface area (Å²) >= 11 is 0. The van der Waals surface area contributed by atoms with Gasteiger partial charge in [0.25, 0.3) is 5.91 Å². The van der Waals surface area contributed by atoms with Crippen LogP contribution in [-0.2, 0) is 11.2 Å². The van der Waals surface area contributed by atoms with Crippen LogP contribution in [-0.4, -0.2) is 17.7 Å². The van der Waals surface area contributed by atoms with E-state index >= 15 is 0 Å². The molecule has 2 aromatic rings. The van der Waals surface area contributed by atoms with Gasteiger partial charge in [-0.1, -0.05) is 24.3 Å². The molecule has 1 amide bonds. The second-order valence-corrected chi connectivity index (χ2v) is 6.80. The van der Waals surface area contributed by atoms with E-state index in [9.17, 15) is 9.59 Å². The van der Waals surface area contributed by atoms with Crippen LogP contribution < -0.4 is 10.6 Å². The molecule has 3 N–H and O–H groups in total. The molecule has 0 bridgehead atoms. The quantitative estimate of drug-likeness (QED) is 0.824. The van der Waals surface area contributed by atoms with Crippen LogP contribution in [0.3, 0.4) is 0 Å². The molecule has 1 aliphatic carbocycles. The van der Waals surface area contributed by atoms with Gasteiger partial charge in [0.1, 0.15) is 6.04 Å². The molecule has 0 saturated carbocycles. The second kappa shape index (κ2) is 7.62. The summed E-state index contributed by atoms with van der Waals surface area (Å²) in [6.07, 6.45) is 3.39. The Labute approximate surface area is 148 Å². The Balaban J connectivity index is 1.62. The predicted octanol–water partition coefficient (Wildman–Crippen LogP) is 2.86. The molecular weight excluding hydrogens is 312 g/mol. The average molecular weight is 337 g/mol. The highest BCUT2D eigenvalue weighted by Gasteiger charge is 2.27. The molecular formula is C21H25N2O2+. The number of carbonyl (C=O) groups excluding carboxylic acids is 2. The van der Waals surface area contributed by atoms with Crippen molar-refractivity contribution in [2.24, 2.45) is 0 Å². The molecule has 0 saturated heterocycles. The minimum Gasteiger partial charge on any atom is -0.330 e. The van der Waals surface area contributed by atoms with E-state index < -0.39 is 0 Å². The minimum atomic E-state index is -0.177. The van der Waals surface area contributed by atoms with Crippen LogP contribution in [0, 0.1) is 0 Å². The maximum atomic E-state index is 12.5. The third-order valence-corrected chi connectivity index (χ3v) is 4.91. The number of hydrogen-bond acceptors (Lipinski definition) is 2. The third-order valence-electron chi connectivity index (χ3n) is 4.91. The van der Waals surface area contributed by atoms with Gasteiger partial charge >= 0.3 is 0 Å². The zero-order valence-corrected chi connectivity index (χ0v) is 14.8. The number of Topliss-reactive ketones (excluding diaryl/α,β-unsaturated/α-hetero) is 1. The van der Waals surface area contributed by atoms with Gasteiger partial charge in [-0.2, -0.15) is 0 Å². The number of carbonyl (C=O) groups is 2. The number of ketones is 1. The molecule has 0 fully saturated rings. The maximum Gasteiger partial charge on any atom is 0.282 e. The number of aryl methyl sites for hydroxylation is 1. The lowest BCUT2D eigenvalue weighted by atomic mass is 9.87. The van der Waals surface area contributed by atoms with Crippen LogP contribution in [0.1, 0.15) is 54.2 Å². The van der Waals surface area contributed by atoms with Gasteiger partial charge in [-0.25, -0.2) is 0 Å². The van der Waals surface area contributed by atoms with Gasteiger partial charge in [0.2, 0.25) is 0 Å². The lowest BCUT2D eigenvalue weighted by molar-refractivity contribution is -0.714. The van der Waals surface area contributed by atoms with Crippen molar-refractivity contribution in [3.8, 4) is 0 Å². The van der Waals surface area contributed by atoms with Crippen LogP contribution in [0.15, 0.2) is 48.5 Å². The molecule has 2 atom stereocenters. The van der Waals surface area contributed by atoms with Gasteiger partial charge in [0.05, 0.1) is 0 Å². The van der Waals surface area contributed by atoms with E-state index in [1.807, 2.05) is 6.92 Å². The van der Waals surface area contributed by atoms with E-state index in [2.05, 4.69) is 34.9 Å². The smallest absolute Gasteiger partial charge is 0.282 e. The highest BCUT2D eigenvalue weighted by atomic mass is 16.2. The molecule has 0 aromatic heterocycles. The summed E-state index contributed by atoms with van der Waals surface area (Å²) in [5.74, 6) is 0.00849. The van der Waals surface area contributed by atoms with E-state index in [0.29, 0.717) is 11.6 Å². The van der Waals surface area contributed by atoms with E-state index in [0.717, 1.165) is 18.5 Å². The molecule has 4 nitrogen and oxygen atoms in total. The first-order valence-electron chi connectivity index (χ1n) is 8.89. The van der Waals surface area contributed by atoms with Crippen molar-refractivity contribution in [3.63, 3.8) is 0 Å². The Morgan fingerprint density at radius 1 is 1.12 bits per heavy atom. The highest BCUT2D eigenvalue weighted by Crippen LogP contribution is 2.26. The summed E-state index contributed by atoms with van der Waals surface area (Å²) in [5.41, 5.74) is 4.14. The predicted molar refractivity (Wildman–Crippen MR) is 98.6 cm³/mol. The standard InChI is InChI=1S/C21H24N2O2/c1-14(21(25)23-18-12-10-16(11-13-18)15(2)24)22-20-9-5-7-17-6-3-4-8-19(17)20/h3-4,6,8,10-14,20,22H,5,7,9H2,1-2H3,(H,23,25)/p+1/t14-,20-/m0/s1. The lowest BCUT2D eigenvalue weighted by Crippen LogP contribution is -2.92. The number of nitrogens with one attached hydrogen (secondary N) is 1. The van der Waals surface area contributed by atoms with Crippen LogP contribution in [0.4, 0.5) is 5.69 Å². The summed E-state index contributed by atoms with van der Waals surface area (Å²) in [5, 5.41) is 5.10. The second-order valence-electron chi connectivity index (χ2n) is 6.80. The molecule has 0 heterocycles. The molecule has 2 aromatic carbocycles. The van der Waals surface area contributed by atoms with Gasteiger partial charge in [-0.05, 0) is 56.5 Å². The molecule has 0 aliphatic heterocycles. The van der Waals surface area contributed by atoms with Crippen LogP contribution >= 0.6 is 0 Å². The summed E-state index contributed by atoms with van der Waals surface area (Å²) < 4.78 is 0. The molecule has 3 rings (SSSR count). The number of quaternary nitrogens is 1. The first-order chi connectivity index (χ1) is 12.0. The van der Waals surface area contributed by atoms with E-state index in [1.165, 1.54) is 24.5 Å². The number of benzene rings is 2. The van der Waals surface area contributed by atoms with Crippen molar-refractivity contribution in [2.45, 2.75) is 45.2 Å². The molecule has 4 heteroatoms. The monoisotopic (exact) mass is 337 g/mol. The number of anilines is 1. The first-order valence-corrected chi connectivity index (χ1v) is 8.89. The molecule has 0 spiro atoms. The van der Waals surface area contributed by atoms with E-state index in [1.54, 1.807) is 24.3 Å². The van der Waals surface area contributed by atoms with Gasteiger partial charge in [-0.15, -0.1) is 0 Å². The third kappa shape index (κ3) is 4.15. The summed E-state index contributed by atoms with van der Waals surface area (Å²) in [6.45, 7) is 3.48. The number of amides is 1. The molecule has 0 unspecified atom stereocenters. The first kappa shape index (κ1) is 17.4. The minimum absolute atomic E-state index is 0.0152. The van der Waals surface area contributed by atoms with Crippen LogP contribution in [0.2, 0.25) is 0 Å². The Bertz CT molecular complexity index is 768. The van der Waals surface area contributed by atoms with Crippen LogP contribution in [0.5, 0.6) is 0 Å². The molecule has 25 heavy (non-hydrogen) atoms. The van der Waals surface area contributed by atoms with Crippen molar-refractivity contribution < 1.29 is 14.9 Å². The molecule has 1 aliphatic rings. The number of rotatable bonds is 5. The number of nitrogens with two attached hydrogens (primary N) is 1. The number of hydrogen-bond donors (Lipinski definition) is 2. The largest absolute Gasteiger partial charge is 0.330 e. The van der Waals surface area contributed by atoms with Crippen molar-refractivity contribution >= 4 is 17.4 Å². The summed E-state index contributed by atoms with van der Waals surface area (Å²) in [6, 6.07) is 15.7. The van der Waals surface area contributed by atoms with Crippen molar-refractivity contribution in [3.05, 3.63) is 65.2 Å². The molecule has 0 radical (unpaired) electrons. The van der Waals surface area contributed by atoms with Gasteiger partial charge in [-0.3, -0.25) is 9.59 Å². The average Bonchev–Trinajstić information content (AvgIpc) is 2.62. The highest BCUT2D eigenvalue weighted by molar-refractivity contribution is 5.96. The SMILES string of the molecule is CC(=O)c1ccc(NC(=O)[C@H](C)[NH2+][C@H]2CCCc3ccccc32)cc1. The summed E-state index contributed by atoms with van der Waals surface area (Å²) in [7, 11) is 0. The summed E-state index contributed by atoms with van der Waals surface area (Å²) in [4.78, 5) is 23.8. The zero-order valence-electron chi connectivity index (χ0n) is 14.8. The Kier molecular flexibility index (Phi) is 5.29. The fourth-order valence-electron chi connectivity index (χ4n) is 3.47. The number of fused-ring (bicyclic) bond motifs is 1. The van der Waals surface area contributed by atoms with E-state index in [4.69, 9.17) is 0 Å². The normalized spacial score (nSPS) is 17.4. The lowest BCUT2D eigenvalue weighted by Gasteiger charge is -2.26. The Morgan fingerprint density at radius 2 is 1.84 bits per heavy atom. The van der Waals surface area contributed by atoms with Crippen molar-refractivity contribution in [1.29, 1.82) is 0 Å². The Morgan fingerprint density at radius 3 is 2.56 bits per heavy atom. The maximum absolute atomic E-state index is 12.5. The van der Waals surface area contributed by atoms with Crippen molar-refractivity contribution in [2.75, 3.05) is 5.32 Å². The van der Waals surface area contributed by atoms with Crippen LogP contribution in [0.25, 0.3) is 0 Å². The van der Waals surface area contributed by atoms with Gasteiger partial charge in [0.15, 0.2) is 11.8 Å². The van der Waals surface area contributed by atoms with Crippen molar-refractivity contribution in [1.82, 2.24) is 0 Å². The van der Waals surface area contributed by atoms with Gasteiger partial charge in [0, 0.05) is 23.2 Å². The zero-order chi connectivity index (χ0) is 17.8. The topological polar surface area (TPSA) is 62.8 Å². The fraction of sp³-hybridized carbons (Fsp3) is 0.333. The van der Waals surface area contributed by atoms with E-state index in [-0.39, 0.29) is 17.7 Å². The fourth-order valence-corrected chi connectivity index (χ4v) is 3.47. The van der Waals surface area contributed by atoms with Gasteiger partial charge < -0.3 is 10.6 Å². The molecule has 130 valence electrons.